The number of nitrogens with zero attached hydrogens (tertiary/aromatic N) is 1. The summed E-state index contributed by atoms with van der Waals surface area (Å²) in [4.78, 5) is 3.99. The first-order valence-corrected chi connectivity index (χ1v) is 6.53. The summed E-state index contributed by atoms with van der Waals surface area (Å²) >= 11 is 1.47. The van der Waals surface area contributed by atoms with Crippen LogP contribution in [0.4, 0.5) is 0 Å². The average molecular weight is 218 g/mol. The van der Waals surface area contributed by atoms with Crippen LogP contribution in [-0.2, 0) is 16.6 Å². The number of rotatable bonds is 4. The van der Waals surface area contributed by atoms with Gasteiger partial charge in [0.1, 0.15) is 0 Å². The highest BCUT2D eigenvalue weighted by Crippen LogP contribution is 2.27. The molecule has 0 aliphatic heterocycles. The summed E-state index contributed by atoms with van der Waals surface area (Å²) in [5, 5.41) is 1.70. The molecule has 13 heavy (non-hydrogen) atoms. The molecule has 0 saturated heterocycles. The van der Waals surface area contributed by atoms with Crippen LogP contribution in [0.2, 0.25) is 0 Å². The van der Waals surface area contributed by atoms with Crippen LogP contribution >= 0.6 is 11.3 Å². The van der Waals surface area contributed by atoms with Gasteiger partial charge in [0.25, 0.3) is 0 Å². The Morgan fingerprint density at radius 1 is 1.62 bits per heavy atom. The van der Waals surface area contributed by atoms with E-state index in [0.717, 1.165) is 18.5 Å². The number of hydrogen-bond donors (Lipinski definition) is 1. The Bertz CT molecular complexity index is 367. The minimum Gasteiger partial charge on any atom is -0.248 e. The molecule has 1 aromatic rings. The molecular weight excluding hydrogens is 208 g/mol. The quantitative estimate of drug-likeness (QED) is 0.810. The van der Waals surface area contributed by atoms with Crippen molar-refractivity contribution in [2.75, 3.05) is 0 Å². The van der Waals surface area contributed by atoms with E-state index < -0.39 is 10.0 Å². The lowest BCUT2D eigenvalue weighted by Gasteiger charge is -2.01. The van der Waals surface area contributed by atoms with Crippen LogP contribution in [0.3, 0.4) is 0 Å². The summed E-state index contributed by atoms with van der Waals surface area (Å²) in [7, 11) is -3.05. The first-order valence-electron chi connectivity index (χ1n) is 4.04. The summed E-state index contributed by atoms with van der Waals surface area (Å²) in [5.74, 6) is 0. The van der Waals surface area contributed by atoms with E-state index in [4.69, 9.17) is 0 Å². The van der Waals surface area contributed by atoms with E-state index >= 15 is 0 Å². The molecule has 72 valence electrons. The van der Waals surface area contributed by atoms with E-state index in [1.165, 1.54) is 11.3 Å². The van der Waals surface area contributed by atoms with Gasteiger partial charge in [-0.3, -0.25) is 0 Å². The van der Waals surface area contributed by atoms with Crippen LogP contribution in [0.25, 0.3) is 0 Å². The van der Waals surface area contributed by atoms with Crippen molar-refractivity contribution in [3.63, 3.8) is 0 Å². The molecule has 1 saturated carbocycles. The van der Waals surface area contributed by atoms with Gasteiger partial charge in [-0.05, 0) is 12.8 Å². The van der Waals surface area contributed by atoms with Crippen LogP contribution in [0.15, 0.2) is 10.9 Å². The maximum Gasteiger partial charge on any atom is 0.214 e. The molecule has 1 aliphatic rings. The topological polar surface area (TPSA) is 59.1 Å². The zero-order valence-corrected chi connectivity index (χ0v) is 8.57. The Hall–Kier alpha value is -0.460. The first-order chi connectivity index (χ1) is 6.18. The van der Waals surface area contributed by atoms with Gasteiger partial charge in [0.05, 0.1) is 23.0 Å². The highest BCUT2D eigenvalue weighted by Gasteiger charge is 2.35. The van der Waals surface area contributed by atoms with Crippen molar-refractivity contribution in [2.45, 2.75) is 24.6 Å². The van der Waals surface area contributed by atoms with Crippen molar-refractivity contribution in [1.82, 2.24) is 9.71 Å². The summed E-state index contributed by atoms with van der Waals surface area (Å²) in [5.41, 5.74) is 2.48. The molecule has 4 nitrogen and oxygen atoms in total. The van der Waals surface area contributed by atoms with E-state index in [1.807, 2.05) is 5.38 Å². The molecule has 0 atom stereocenters. The highest BCUT2D eigenvalue weighted by molar-refractivity contribution is 7.90. The van der Waals surface area contributed by atoms with Gasteiger partial charge in [-0.15, -0.1) is 11.3 Å². The predicted molar refractivity (Wildman–Crippen MR) is 50.9 cm³/mol. The van der Waals surface area contributed by atoms with Gasteiger partial charge in [0, 0.05) is 5.38 Å². The first kappa shape index (κ1) is 9.11. The Labute approximate surface area is 81.1 Å². The molecule has 0 bridgehead atoms. The molecule has 1 aliphatic carbocycles. The molecule has 1 fully saturated rings. The molecule has 2 rings (SSSR count). The third kappa shape index (κ3) is 2.26. The third-order valence-electron chi connectivity index (χ3n) is 1.90. The van der Waals surface area contributed by atoms with Crippen molar-refractivity contribution >= 4 is 21.4 Å². The van der Waals surface area contributed by atoms with Crippen molar-refractivity contribution in [3.05, 3.63) is 16.6 Å². The van der Waals surface area contributed by atoms with E-state index in [-0.39, 0.29) is 5.25 Å². The molecule has 0 spiro atoms. The van der Waals surface area contributed by atoms with Crippen molar-refractivity contribution in [2.24, 2.45) is 0 Å². The van der Waals surface area contributed by atoms with Gasteiger partial charge in [0.2, 0.25) is 10.0 Å². The molecule has 0 amide bonds. The van der Waals surface area contributed by atoms with Crippen molar-refractivity contribution in [3.8, 4) is 0 Å². The number of thiazole rings is 1. The van der Waals surface area contributed by atoms with Crippen LogP contribution in [0, 0.1) is 0 Å². The lowest BCUT2D eigenvalue weighted by atomic mass is 10.5. The predicted octanol–water partition coefficient (Wildman–Crippen LogP) is 0.725. The van der Waals surface area contributed by atoms with E-state index in [2.05, 4.69) is 9.71 Å². The Morgan fingerprint density at radius 3 is 2.92 bits per heavy atom. The largest absolute Gasteiger partial charge is 0.248 e. The minimum atomic E-state index is -3.05. The molecule has 0 aromatic carbocycles. The summed E-state index contributed by atoms with van der Waals surface area (Å²) in [6.45, 7) is 0.322. The second-order valence-electron chi connectivity index (χ2n) is 3.05. The third-order valence-corrected chi connectivity index (χ3v) is 4.43. The average Bonchev–Trinajstić information content (AvgIpc) is 2.82. The van der Waals surface area contributed by atoms with Crippen molar-refractivity contribution < 1.29 is 8.42 Å². The second kappa shape index (κ2) is 3.36. The smallest absolute Gasteiger partial charge is 0.214 e. The number of aromatic nitrogens is 1. The SMILES string of the molecule is O=S(=O)(NCc1cscn1)C1CC1. The molecule has 1 N–H and O–H groups in total. The fourth-order valence-electron chi connectivity index (χ4n) is 0.996. The zero-order chi connectivity index (χ0) is 9.31. The number of nitrogens with one attached hydrogen (secondary N) is 1. The van der Waals surface area contributed by atoms with Crippen LogP contribution < -0.4 is 4.72 Å². The number of sulfonamides is 1. The van der Waals surface area contributed by atoms with Gasteiger partial charge < -0.3 is 0 Å². The Morgan fingerprint density at radius 2 is 2.38 bits per heavy atom. The standard InChI is InChI=1S/C7H10N2O2S2/c10-13(11,7-1-2-7)9-3-6-4-12-5-8-6/h4-5,7,9H,1-3H2. The van der Waals surface area contributed by atoms with Gasteiger partial charge in [-0.25, -0.2) is 18.1 Å². The molecule has 1 heterocycles. The Balaban J connectivity index is 1.92. The molecule has 1 aromatic heterocycles. The van der Waals surface area contributed by atoms with Crippen LogP contribution in [0.5, 0.6) is 0 Å². The monoisotopic (exact) mass is 218 g/mol. The van der Waals surface area contributed by atoms with Crippen LogP contribution in [0.1, 0.15) is 18.5 Å². The number of hydrogen-bond acceptors (Lipinski definition) is 4. The van der Waals surface area contributed by atoms with Gasteiger partial charge in [0.15, 0.2) is 0 Å². The van der Waals surface area contributed by atoms with Gasteiger partial charge >= 0.3 is 0 Å². The Kier molecular flexibility index (Phi) is 2.35. The fraction of sp³-hybridized carbons (Fsp3) is 0.571. The highest BCUT2D eigenvalue weighted by atomic mass is 32.2. The van der Waals surface area contributed by atoms with E-state index in [0.29, 0.717) is 6.54 Å². The summed E-state index contributed by atoms with van der Waals surface area (Å²) in [6, 6.07) is 0. The lowest BCUT2D eigenvalue weighted by molar-refractivity contribution is 0.579. The maximum absolute atomic E-state index is 11.4. The molecule has 0 unspecified atom stereocenters. The van der Waals surface area contributed by atoms with Crippen LogP contribution in [-0.4, -0.2) is 18.7 Å². The molecular formula is C7H10N2O2S2. The normalized spacial score (nSPS) is 17.5. The van der Waals surface area contributed by atoms with E-state index in [1.54, 1.807) is 5.51 Å². The molecule has 0 radical (unpaired) electrons. The van der Waals surface area contributed by atoms with Gasteiger partial charge in [-0.1, -0.05) is 0 Å². The lowest BCUT2D eigenvalue weighted by Crippen LogP contribution is -2.26. The molecule has 6 heteroatoms. The fourth-order valence-corrected chi connectivity index (χ4v) is 2.90. The van der Waals surface area contributed by atoms with E-state index in [9.17, 15) is 8.42 Å². The second-order valence-corrected chi connectivity index (χ2v) is 5.81. The summed E-state index contributed by atoms with van der Waals surface area (Å²) in [6.07, 6.45) is 1.60. The zero-order valence-electron chi connectivity index (χ0n) is 6.93. The maximum atomic E-state index is 11.4. The van der Waals surface area contributed by atoms with Crippen molar-refractivity contribution in [1.29, 1.82) is 0 Å². The minimum absolute atomic E-state index is 0.147. The summed E-state index contributed by atoms with van der Waals surface area (Å²) < 4.78 is 25.2. The van der Waals surface area contributed by atoms with Gasteiger partial charge in [-0.2, -0.15) is 0 Å².